The van der Waals surface area contributed by atoms with Crippen LogP contribution in [-0.2, 0) is 19.7 Å². The Labute approximate surface area is 177 Å². The summed E-state index contributed by atoms with van der Waals surface area (Å²) < 4.78 is 29.1. The number of carboxylic acids is 1. The molecule has 2 aromatic rings. The highest BCUT2D eigenvalue weighted by molar-refractivity contribution is 8.01. The van der Waals surface area contributed by atoms with Gasteiger partial charge in [-0.15, -0.1) is 11.8 Å². The summed E-state index contributed by atoms with van der Waals surface area (Å²) in [5, 5.41) is 12.1. The van der Waals surface area contributed by atoms with Gasteiger partial charge in [-0.25, -0.2) is 9.78 Å². The van der Waals surface area contributed by atoms with E-state index in [1.165, 1.54) is 28.8 Å². The molecule has 0 saturated carbocycles. The van der Waals surface area contributed by atoms with E-state index in [9.17, 15) is 23.1 Å². The number of rotatable bonds is 4. The molecule has 12 heteroatoms. The Hall–Kier alpha value is -2.57. The van der Waals surface area contributed by atoms with Crippen LogP contribution in [0.25, 0.3) is 0 Å². The molecule has 0 bridgehead atoms. The molecule has 162 valence electrons. The third-order valence-corrected chi connectivity index (χ3v) is 7.22. The molecule has 4 rings (SSSR count). The number of benzene rings is 1. The van der Waals surface area contributed by atoms with Crippen molar-refractivity contribution in [3.63, 3.8) is 0 Å². The summed E-state index contributed by atoms with van der Waals surface area (Å²) >= 11 is 1.51. The summed E-state index contributed by atoms with van der Waals surface area (Å²) in [4.78, 5) is 31.7. The van der Waals surface area contributed by atoms with Crippen LogP contribution in [0.4, 0.5) is 5.95 Å². The van der Waals surface area contributed by atoms with E-state index in [4.69, 9.17) is 4.55 Å². The second-order valence-corrected chi connectivity index (χ2v) is 10.6. The number of nitrogens with zero attached hydrogens (tertiary/aromatic N) is 2. The average Bonchev–Trinajstić information content (AvgIpc) is 3.23. The van der Waals surface area contributed by atoms with Gasteiger partial charge in [0.05, 0.1) is 4.90 Å². The van der Waals surface area contributed by atoms with Gasteiger partial charge in [0.1, 0.15) is 17.5 Å². The van der Waals surface area contributed by atoms with Gasteiger partial charge >= 0.3 is 5.97 Å². The standard InChI is InChI=1S/C11H14N4O3S.C7H8O3S/c1-11(2)6(9(17)18)15-7(16)5(8(15)19-11)14-10-12-3-4-13-10;1-6-2-4-7(5-3-6)11(8,9)10/h3-6,8H,1-2H3,(H,17,18)(H2,12,13,14);2-5H,1H3,(H,8,9,10)/t5?,6?,8-;/m0./s1. The molecule has 2 unspecified atom stereocenters. The number of β-lactam (4-membered cyclic amide) rings is 1. The summed E-state index contributed by atoms with van der Waals surface area (Å²) in [6.07, 6.45) is 3.25. The Morgan fingerprint density at radius 3 is 2.43 bits per heavy atom. The number of carboxylic acid groups (broad SMARTS) is 1. The highest BCUT2D eigenvalue weighted by atomic mass is 32.2. The molecular formula is C18H22N4O6S2. The van der Waals surface area contributed by atoms with Crippen molar-refractivity contribution in [1.29, 1.82) is 0 Å². The molecule has 0 aliphatic carbocycles. The number of carbonyl (C=O) groups is 2. The molecule has 2 aliphatic heterocycles. The highest BCUT2D eigenvalue weighted by Gasteiger charge is 2.64. The number of H-pyrrole nitrogens is 1. The summed E-state index contributed by atoms with van der Waals surface area (Å²) in [7, 11) is -4.02. The maximum Gasteiger partial charge on any atom is 0.327 e. The van der Waals surface area contributed by atoms with Crippen LogP contribution in [0.15, 0.2) is 41.6 Å². The van der Waals surface area contributed by atoms with Gasteiger partial charge < -0.3 is 20.3 Å². The molecule has 3 atom stereocenters. The number of nitrogens with one attached hydrogen (secondary N) is 2. The summed E-state index contributed by atoms with van der Waals surface area (Å²) in [5.41, 5.74) is 0.956. The van der Waals surface area contributed by atoms with Crippen molar-refractivity contribution in [1.82, 2.24) is 14.9 Å². The number of hydrogen-bond acceptors (Lipinski definition) is 7. The van der Waals surface area contributed by atoms with Crippen molar-refractivity contribution in [3.8, 4) is 0 Å². The van der Waals surface area contributed by atoms with Gasteiger partial charge in [-0.05, 0) is 32.9 Å². The number of aliphatic carboxylic acids is 1. The molecule has 30 heavy (non-hydrogen) atoms. The zero-order valence-corrected chi connectivity index (χ0v) is 18.1. The number of carbonyl (C=O) groups excluding carboxylic acids is 1. The number of anilines is 1. The van der Waals surface area contributed by atoms with Crippen LogP contribution in [0, 0.1) is 6.92 Å². The maximum absolute atomic E-state index is 12.1. The Morgan fingerprint density at radius 1 is 1.30 bits per heavy atom. The van der Waals surface area contributed by atoms with Crippen molar-refractivity contribution in [3.05, 3.63) is 42.2 Å². The quantitative estimate of drug-likeness (QED) is 0.398. The predicted octanol–water partition coefficient (Wildman–Crippen LogP) is 1.58. The van der Waals surface area contributed by atoms with Gasteiger partial charge in [0.2, 0.25) is 11.9 Å². The normalized spacial score (nSPS) is 24.3. The Morgan fingerprint density at radius 2 is 1.93 bits per heavy atom. The van der Waals surface area contributed by atoms with E-state index >= 15 is 0 Å². The van der Waals surface area contributed by atoms with Crippen LogP contribution in [0.1, 0.15) is 19.4 Å². The number of amides is 1. The first-order valence-corrected chi connectivity index (χ1v) is 11.3. The van der Waals surface area contributed by atoms with Crippen molar-refractivity contribution >= 4 is 39.7 Å². The summed E-state index contributed by atoms with van der Waals surface area (Å²) in [5.74, 6) is -0.619. The van der Waals surface area contributed by atoms with Crippen LogP contribution in [-0.4, -0.2) is 67.0 Å². The van der Waals surface area contributed by atoms with Crippen LogP contribution in [0.3, 0.4) is 0 Å². The smallest absolute Gasteiger partial charge is 0.327 e. The third kappa shape index (κ3) is 4.30. The van der Waals surface area contributed by atoms with Crippen molar-refractivity contribution in [2.75, 3.05) is 5.32 Å². The van der Waals surface area contributed by atoms with E-state index in [1.54, 1.807) is 24.5 Å². The Balaban J connectivity index is 0.000000199. The predicted molar refractivity (Wildman–Crippen MR) is 111 cm³/mol. The van der Waals surface area contributed by atoms with Gasteiger partial charge in [0.25, 0.3) is 10.1 Å². The lowest BCUT2D eigenvalue weighted by Gasteiger charge is -2.43. The molecule has 10 nitrogen and oxygen atoms in total. The van der Waals surface area contributed by atoms with E-state index in [2.05, 4.69) is 15.3 Å². The number of aromatic amines is 1. The Bertz CT molecular complexity index is 1040. The number of aromatic nitrogens is 2. The first-order valence-electron chi connectivity index (χ1n) is 8.94. The Kier molecular flexibility index (Phi) is 5.85. The van der Waals surface area contributed by atoms with Crippen molar-refractivity contribution in [2.45, 2.75) is 47.9 Å². The second kappa shape index (κ2) is 7.93. The van der Waals surface area contributed by atoms with Crippen LogP contribution in [0.2, 0.25) is 0 Å². The minimum absolute atomic E-state index is 0.0666. The minimum Gasteiger partial charge on any atom is -0.480 e. The first-order chi connectivity index (χ1) is 13.9. The fourth-order valence-corrected chi connectivity index (χ4v) is 5.45. The lowest BCUT2D eigenvalue weighted by atomic mass is 9.96. The van der Waals surface area contributed by atoms with Gasteiger partial charge in [0, 0.05) is 17.1 Å². The fraction of sp³-hybridized carbons (Fsp3) is 0.389. The molecule has 2 aliphatic rings. The minimum atomic E-state index is -4.02. The summed E-state index contributed by atoms with van der Waals surface area (Å²) in [6.45, 7) is 5.55. The SMILES string of the molecule is CC1(C)S[C@H]2C(Nc3ncc[nH]3)C(=O)N2C1C(=O)O.Cc1ccc(S(=O)(=O)O)cc1. The largest absolute Gasteiger partial charge is 0.480 e. The molecule has 2 saturated heterocycles. The van der Waals surface area contributed by atoms with E-state index < -0.39 is 32.9 Å². The lowest BCUT2D eigenvalue weighted by molar-refractivity contribution is -0.158. The number of thioether (sulfide) groups is 1. The lowest BCUT2D eigenvalue weighted by Crippen LogP contribution is -2.68. The van der Waals surface area contributed by atoms with E-state index in [0.29, 0.717) is 5.95 Å². The fourth-order valence-electron chi connectivity index (χ4n) is 3.35. The zero-order chi connectivity index (χ0) is 22.3. The topological polar surface area (TPSA) is 153 Å². The monoisotopic (exact) mass is 454 g/mol. The maximum atomic E-state index is 12.1. The van der Waals surface area contributed by atoms with E-state index in [1.807, 2.05) is 20.8 Å². The van der Waals surface area contributed by atoms with Gasteiger partial charge in [-0.2, -0.15) is 8.42 Å². The molecule has 1 aromatic heterocycles. The van der Waals surface area contributed by atoms with E-state index in [-0.39, 0.29) is 16.2 Å². The summed E-state index contributed by atoms with van der Waals surface area (Å²) in [6, 6.07) is 4.80. The number of imidazole rings is 1. The molecule has 2 fully saturated rings. The van der Waals surface area contributed by atoms with Crippen molar-refractivity contribution < 1.29 is 27.7 Å². The van der Waals surface area contributed by atoms with E-state index in [0.717, 1.165) is 5.56 Å². The van der Waals surface area contributed by atoms with Crippen LogP contribution < -0.4 is 5.32 Å². The average molecular weight is 455 g/mol. The highest BCUT2D eigenvalue weighted by Crippen LogP contribution is 2.51. The number of hydrogen-bond donors (Lipinski definition) is 4. The second-order valence-electron chi connectivity index (χ2n) is 7.45. The van der Waals surface area contributed by atoms with Gasteiger partial charge in [-0.1, -0.05) is 17.7 Å². The first kappa shape index (κ1) is 22.1. The molecule has 3 heterocycles. The van der Waals surface area contributed by atoms with Crippen LogP contribution >= 0.6 is 11.8 Å². The molecule has 4 N–H and O–H groups in total. The molecule has 1 aromatic carbocycles. The molecule has 1 amide bonds. The van der Waals surface area contributed by atoms with Crippen molar-refractivity contribution in [2.24, 2.45) is 0 Å². The zero-order valence-electron chi connectivity index (χ0n) is 16.4. The molecule has 0 spiro atoms. The van der Waals surface area contributed by atoms with Crippen LogP contribution in [0.5, 0.6) is 0 Å². The van der Waals surface area contributed by atoms with Gasteiger partial charge in [0.15, 0.2) is 0 Å². The number of fused-ring (bicyclic) bond motifs is 1. The third-order valence-electron chi connectivity index (χ3n) is 4.78. The van der Waals surface area contributed by atoms with Gasteiger partial charge in [-0.3, -0.25) is 9.35 Å². The number of aryl methyl sites for hydroxylation is 1. The molecular weight excluding hydrogens is 432 g/mol. The molecule has 0 radical (unpaired) electrons.